The number of rotatable bonds is 2. The van der Waals surface area contributed by atoms with Gasteiger partial charge in [0.15, 0.2) is 0 Å². The quantitative estimate of drug-likeness (QED) is 0.539. The minimum atomic E-state index is 0.220. The Labute approximate surface area is 66.6 Å². The summed E-state index contributed by atoms with van der Waals surface area (Å²) >= 11 is 0. The molecule has 0 radical (unpaired) electrons. The standard InChI is InChI=1S/C8H12N2O/c9-7-8-1-3-10(4-2-8)5-6-11/h6,8H,1-5H2. The maximum atomic E-state index is 10.1. The highest BCUT2D eigenvalue weighted by molar-refractivity contribution is 5.51. The lowest BCUT2D eigenvalue weighted by atomic mass is 9.99. The van der Waals surface area contributed by atoms with Gasteiger partial charge in [-0.15, -0.1) is 0 Å². The zero-order chi connectivity index (χ0) is 8.10. The minimum absolute atomic E-state index is 0.220. The number of carbonyl (C=O) groups excluding carboxylic acids is 1. The van der Waals surface area contributed by atoms with Crippen LogP contribution in [0.4, 0.5) is 0 Å². The maximum absolute atomic E-state index is 10.1. The molecule has 1 aliphatic heterocycles. The Kier molecular flexibility index (Phi) is 3.06. The van der Waals surface area contributed by atoms with Crippen molar-refractivity contribution in [3.8, 4) is 6.07 Å². The molecule has 0 bridgehead atoms. The van der Waals surface area contributed by atoms with E-state index >= 15 is 0 Å². The van der Waals surface area contributed by atoms with Crippen molar-refractivity contribution in [2.45, 2.75) is 12.8 Å². The highest BCUT2D eigenvalue weighted by Gasteiger charge is 2.17. The van der Waals surface area contributed by atoms with Crippen molar-refractivity contribution in [2.24, 2.45) is 5.92 Å². The van der Waals surface area contributed by atoms with Gasteiger partial charge in [0.2, 0.25) is 0 Å². The van der Waals surface area contributed by atoms with Crippen molar-refractivity contribution in [2.75, 3.05) is 19.6 Å². The Morgan fingerprint density at radius 2 is 2.18 bits per heavy atom. The molecular weight excluding hydrogens is 140 g/mol. The maximum Gasteiger partial charge on any atom is 0.133 e. The van der Waals surface area contributed by atoms with Crippen LogP contribution in [-0.4, -0.2) is 30.8 Å². The summed E-state index contributed by atoms with van der Waals surface area (Å²) in [5, 5.41) is 8.57. The summed E-state index contributed by atoms with van der Waals surface area (Å²) in [4.78, 5) is 12.2. The predicted octanol–water partition coefficient (Wildman–Crippen LogP) is 0.421. The summed E-state index contributed by atoms with van der Waals surface area (Å²) < 4.78 is 0. The fourth-order valence-corrected chi connectivity index (χ4v) is 1.35. The van der Waals surface area contributed by atoms with E-state index in [-0.39, 0.29) is 5.92 Å². The molecule has 0 aromatic heterocycles. The molecule has 0 aromatic carbocycles. The largest absolute Gasteiger partial charge is 0.302 e. The van der Waals surface area contributed by atoms with Crippen molar-refractivity contribution in [1.82, 2.24) is 4.90 Å². The fourth-order valence-electron chi connectivity index (χ4n) is 1.35. The summed E-state index contributed by atoms with van der Waals surface area (Å²) in [6.07, 6.45) is 2.77. The summed E-state index contributed by atoms with van der Waals surface area (Å²) in [6, 6.07) is 2.25. The molecule has 0 unspecified atom stereocenters. The van der Waals surface area contributed by atoms with Gasteiger partial charge in [0, 0.05) is 5.92 Å². The number of carbonyl (C=O) groups is 1. The third-order valence-electron chi connectivity index (χ3n) is 2.10. The molecule has 1 aliphatic rings. The normalized spacial score (nSPS) is 21.0. The van der Waals surface area contributed by atoms with E-state index in [1.165, 1.54) is 0 Å². The van der Waals surface area contributed by atoms with Gasteiger partial charge in [0.1, 0.15) is 6.29 Å². The van der Waals surface area contributed by atoms with Crippen LogP contribution in [0, 0.1) is 17.2 Å². The lowest BCUT2D eigenvalue weighted by molar-refractivity contribution is -0.109. The van der Waals surface area contributed by atoms with Gasteiger partial charge in [-0.25, -0.2) is 0 Å². The van der Waals surface area contributed by atoms with Crippen LogP contribution in [0.5, 0.6) is 0 Å². The smallest absolute Gasteiger partial charge is 0.133 e. The molecule has 60 valence electrons. The average Bonchev–Trinajstić information content (AvgIpc) is 2.07. The molecule has 0 saturated carbocycles. The Balaban J connectivity index is 2.25. The summed E-state index contributed by atoms with van der Waals surface area (Å²) in [7, 11) is 0. The molecule has 1 heterocycles. The van der Waals surface area contributed by atoms with Crippen molar-refractivity contribution in [3.63, 3.8) is 0 Å². The zero-order valence-electron chi connectivity index (χ0n) is 6.49. The Hall–Kier alpha value is -0.880. The van der Waals surface area contributed by atoms with Gasteiger partial charge in [-0.2, -0.15) is 5.26 Å². The Morgan fingerprint density at radius 1 is 1.55 bits per heavy atom. The fraction of sp³-hybridized carbons (Fsp3) is 0.750. The van der Waals surface area contributed by atoms with Gasteiger partial charge >= 0.3 is 0 Å². The SMILES string of the molecule is N#CC1CCN(CC=O)CC1. The zero-order valence-corrected chi connectivity index (χ0v) is 6.49. The van der Waals surface area contributed by atoms with Crippen LogP contribution in [0.15, 0.2) is 0 Å². The first-order valence-corrected chi connectivity index (χ1v) is 3.92. The second kappa shape index (κ2) is 4.09. The molecule has 1 rings (SSSR count). The van der Waals surface area contributed by atoms with Crippen LogP contribution in [0.1, 0.15) is 12.8 Å². The van der Waals surface area contributed by atoms with Gasteiger partial charge in [0.05, 0.1) is 12.6 Å². The summed E-state index contributed by atoms with van der Waals surface area (Å²) in [5.41, 5.74) is 0. The van der Waals surface area contributed by atoms with Gasteiger partial charge in [-0.1, -0.05) is 0 Å². The first kappa shape index (κ1) is 8.22. The number of nitriles is 1. The van der Waals surface area contributed by atoms with Crippen molar-refractivity contribution in [3.05, 3.63) is 0 Å². The number of hydrogen-bond donors (Lipinski definition) is 0. The first-order chi connectivity index (χ1) is 5.36. The van der Waals surface area contributed by atoms with Crippen molar-refractivity contribution >= 4 is 6.29 Å². The van der Waals surface area contributed by atoms with Gasteiger partial charge in [0.25, 0.3) is 0 Å². The Morgan fingerprint density at radius 3 is 2.64 bits per heavy atom. The molecule has 11 heavy (non-hydrogen) atoms. The second-order valence-electron chi connectivity index (χ2n) is 2.87. The van der Waals surface area contributed by atoms with Crippen molar-refractivity contribution in [1.29, 1.82) is 5.26 Å². The number of nitrogens with zero attached hydrogens (tertiary/aromatic N) is 2. The number of piperidine rings is 1. The molecule has 0 aromatic rings. The van der Waals surface area contributed by atoms with Crippen LogP contribution in [0.3, 0.4) is 0 Å². The highest BCUT2D eigenvalue weighted by Crippen LogP contribution is 2.14. The molecule has 0 spiro atoms. The molecule has 0 N–H and O–H groups in total. The van der Waals surface area contributed by atoms with Crippen molar-refractivity contribution < 1.29 is 4.79 Å². The van der Waals surface area contributed by atoms with E-state index in [9.17, 15) is 4.79 Å². The minimum Gasteiger partial charge on any atom is -0.302 e. The van der Waals surface area contributed by atoms with Gasteiger partial charge in [-0.3, -0.25) is 4.90 Å². The third-order valence-corrected chi connectivity index (χ3v) is 2.10. The van der Waals surface area contributed by atoms with E-state index in [2.05, 4.69) is 11.0 Å². The lowest BCUT2D eigenvalue weighted by Gasteiger charge is -2.26. The summed E-state index contributed by atoms with van der Waals surface area (Å²) in [6.45, 7) is 2.33. The van der Waals surface area contributed by atoms with Crippen LogP contribution in [0.2, 0.25) is 0 Å². The molecule has 3 heteroatoms. The van der Waals surface area contributed by atoms with E-state index in [0.29, 0.717) is 6.54 Å². The predicted molar refractivity (Wildman–Crippen MR) is 40.8 cm³/mol. The number of likely N-dealkylation sites (tertiary alicyclic amines) is 1. The average molecular weight is 152 g/mol. The van der Waals surface area contributed by atoms with Crippen LogP contribution < -0.4 is 0 Å². The highest BCUT2D eigenvalue weighted by atomic mass is 16.1. The molecular formula is C8H12N2O. The second-order valence-corrected chi connectivity index (χ2v) is 2.87. The molecule has 3 nitrogen and oxygen atoms in total. The van der Waals surface area contributed by atoms with Crippen LogP contribution in [-0.2, 0) is 4.79 Å². The molecule has 1 saturated heterocycles. The first-order valence-electron chi connectivity index (χ1n) is 3.92. The third kappa shape index (κ3) is 2.32. The van der Waals surface area contributed by atoms with Gasteiger partial charge < -0.3 is 4.79 Å². The summed E-state index contributed by atoms with van der Waals surface area (Å²) in [5.74, 6) is 0.220. The number of aldehydes is 1. The molecule has 0 amide bonds. The van der Waals surface area contributed by atoms with E-state index in [4.69, 9.17) is 5.26 Å². The Bertz CT molecular complexity index is 165. The van der Waals surface area contributed by atoms with E-state index in [1.54, 1.807) is 0 Å². The molecule has 0 aliphatic carbocycles. The van der Waals surface area contributed by atoms with E-state index in [0.717, 1.165) is 32.2 Å². The van der Waals surface area contributed by atoms with E-state index in [1.807, 2.05) is 0 Å². The molecule has 0 atom stereocenters. The topological polar surface area (TPSA) is 44.1 Å². The van der Waals surface area contributed by atoms with Gasteiger partial charge in [-0.05, 0) is 25.9 Å². The van der Waals surface area contributed by atoms with E-state index < -0.39 is 0 Å². The lowest BCUT2D eigenvalue weighted by Crippen LogP contribution is -2.34. The molecule has 1 fully saturated rings. The van der Waals surface area contributed by atoms with Crippen LogP contribution >= 0.6 is 0 Å². The monoisotopic (exact) mass is 152 g/mol. The van der Waals surface area contributed by atoms with Crippen LogP contribution in [0.25, 0.3) is 0 Å². The number of hydrogen-bond acceptors (Lipinski definition) is 3.